The zero-order valence-electron chi connectivity index (χ0n) is 15.6. The average molecular weight is 332 g/mol. The number of hydrogen-bond acceptors (Lipinski definition) is 5. The molecule has 0 spiro atoms. The van der Waals surface area contributed by atoms with Gasteiger partial charge >= 0.3 is 0 Å². The molecule has 0 radical (unpaired) electrons. The molecule has 0 aliphatic carbocycles. The van der Waals surface area contributed by atoms with E-state index in [4.69, 9.17) is 0 Å². The molecule has 6 heteroatoms. The van der Waals surface area contributed by atoms with Gasteiger partial charge in [-0.05, 0) is 45.6 Å². The van der Waals surface area contributed by atoms with Gasteiger partial charge in [0, 0.05) is 12.6 Å². The van der Waals surface area contributed by atoms with Gasteiger partial charge in [0.25, 0.3) is 5.56 Å². The molecular formula is C18H28N4O2. The van der Waals surface area contributed by atoms with Gasteiger partial charge < -0.3 is 10.4 Å². The van der Waals surface area contributed by atoms with Gasteiger partial charge in [-0.15, -0.1) is 5.11 Å². The molecule has 1 heterocycles. The Morgan fingerprint density at radius 2 is 1.50 bits per heavy atom. The second-order valence-corrected chi connectivity index (χ2v) is 4.82. The van der Waals surface area contributed by atoms with Crippen molar-refractivity contribution >= 4 is 11.4 Å². The molecule has 24 heavy (non-hydrogen) atoms. The predicted molar refractivity (Wildman–Crippen MR) is 99.8 cm³/mol. The standard InChI is InChI=1S/C14H15N3O2.C2H7N.C2H6/c1-9-10(2)13(18)17(3)14(19)12(9)16-15-11-7-5-4-6-8-11;1-3-2;1-2/h4-8,18H,1-3H3;3H,1-2H3;1-2H3. The molecule has 0 saturated heterocycles. The van der Waals surface area contributed by atoms with Crippen LogP contribution in [0.3, 0.4) is 0 Å². The highest BCUT2D eigenvalue weighted by Crippen LogP contribution is 2.25. The van der Waals surface area contributed by atoms with Crippen molar-refractivity contribution in [3.8, 4) is 5.88 Å². The van der Waals surface area contributed by atoms with Gasteiger partial charge in [-0.2, -0.15) is 5.11 Å². The molecule has 2 rings (SSSR count). The Morgan fingerprint density at radius 3 is 2.00 bits per heavy atom. The van der Waals surface area contributed by atoms with Gasteiger partial charge in [0.1, 0.15) is 0 Å². The molecule has 6 nitrogen and oxygen atoms in total. The first-order valence-corrected chi connectivity index (χ1v) is 7.88. The number of nitrogens with one attached hydrogen (secondary N) is 1. The van der Waals surface area contributed by atoms with Crippen LogP contribution in [0, 0.1) is 13.8 Å². The SMILES string of the molecule is CC.CNC.Cc1c(C)c(O)n(C)c(=O)c1N=Nc1ccccc1. The maximum Gasteiger partial charge on any atom is 0.281 e. The van der Waals surface area contributed by atoms with E-state index < -0.39 is 0 Å². The second kappa shape index (κ2) is 11.1. The molecule has 1 aromatic heterocycles. The molecule has 1 aromatic carbocycles. The normalized spacial score (nSPS) is 9.79. The summed E-state index contributed by atoms with van der Waals surface area (Å²) in [6, 6.07) is 9.18. The fraction of sp³-hybridized carbons (Fsp3) is 0.389. The molecule has 2 aromatic rings. The van der Waals surface area contributed by atoms with E-state index in [1.165, 1.54) is 11.6 Å². The molecule has 0 aliphatic rings. The monoisotopic (exact) mass is 332 g/mol. The zero-order chi connectivity index (χ0) is 18.7. The highest BCUT2D eigenvalue weighted by Gasteiger charge is 2.13. The summed E-state index contributed by atoms with van der Waals surface area (Å²) in [4.78, 5) is 12.0. The number of benzene rings is 1. The largest absolute Gasteiger partial charge is 0.494 e. The van der Waals surface area contributed by atoms with Crippen molar-refractivity contribution in [1.29, 1.82) is 0 Å². The van der Waals surface area contributed by atoms with E-state index in [9.17, 15) is 9.90 Å². The van der Waals surface area contributed by atoms with Crippen molar-refractivity contribution in [2.24, 2.45) is 17.3 Å². The second-order valence-electron chi connectivity index (χ2n) is 4.82. The van der Waals surface area contributed by atoms with Crippen LogP contribution in [0.15, 0.2) is 45.4 Å². The molecule has 132 valence electrons. The lowest BCUT2D eigenvalue weighted by Crippen LogP contribution is -2.18. The topological polar surface area (TPSA) is 79.0 Å². The highest BCUT2D eigenvalue weighted by molar-refractivity contribution is 5.51. The lowest BCUT2D eigenvalue weighted by Gasteiger charge is -2.09. The molecule has 2 N–H and O–H groups in total. The number of aromatic hydroxyl groups is 1. The van der Waals surface area contributed by atoms with Crippen molar-refractivity contribution in [2.75, 3.05) is 14.1 Å². The lowest BCUT2D eigenvalue weighted by molar-refractivity contribution is 0.418. The summed E-state index contributed by atoms with van der Waals surface area (Å²) in [7, 11) is 5.26. The molecule has 0 amide bonds. The van der Waals surface area contributed by atoms with Crippen molar-refractivity contribution < 1.29 is 5.11 Å². The minimum Gasteiger partial charge on any atom is -0.494 e. The summed E-state index contributed by atoms with van der Waals surface area (Å²) in [5, 5.41) is 20.6. The van der Waals surface area contributed by atoms with Crippen LogP contribution in [0.2, 0.25) is 0 Å². The number of rotatable bonds is 2. The maximum atomic E-state index is 12.0. The molecule has 0 bridgehead atoms. The van der Waals surface area contributed by atoms with Crippen LogP contribution in [0.1, 0.15) is 25.0 Å². The smallest absolute Gasteiger partial charge is 0.281 e. The van der Waals surface area contributed by atoms with Crippen LogP contribution in [0.5, 0.6) is 5.88 Å². The fourth-order valence-corrected chi connectivity index (χ4v) is 1.73. The number of azo groups is 1. The highest BCUT2D eigenvalue weighted by atomic mass is 16.3. The van der Waals surface area contributed by atoms with E-state index in [0.717, 1.165) is 0 Å². The summed E-state index contributed by atoms with van der Waals surface area (Å²) < 4.78 is 1.17. The maximum absolute atomic E-state index is 12.0. The van der Waals surface area contributed by atoms with Crippen molar-refractivity contribution in [3.63, 3.8) is 0 Å². The van der Waals surface area contributed by atoms with Gasteiger partial charge in [-0.25, -0.2) is 0 Å². The van der Waals surface area contributed by atoms with Gasteiger partial charge in [-0.3, -0.25) is 9.36 Å². The summed E-state index contributed by atoms with van der Waals surface area (Å²) in [6.45, 7) is 7.49. The number of pyridine rings is 1. The molecule has 0 aliphatic heterocycles. The van der Waals surface area contributed by atoms with Crippen LogP contribution in [0.4, 0.5) is 11.4 Å². The van der Waals surface area contributed by atoms with E-state index in [0.29, 0.717) is 16.8 Å². The zero-order valence-corrected chi connectivity index (χ0v) is 15.6. The number of hydrogen-bond donors (Lipinski definition) is 2. The first kappa shape index (κ1) is 21.5. The Hall–Kier alpha value is -2.47. The Labute approximate surface area is 143 Å². The first-order valence-electron chi connectivity index (χ1n) is 7.88. The van der Waals surface area contributed by atoms with Gasteiger partial charge in [-0.1, -0.05) is 32.0 Å². The summed E-state index contributed by atoms with van der Waals surface area (Å²) in [5.74, 6) is -0.0406. The Morgan fingerprint density at radius 1 is 1.00 bits per heavy atom. The minimum atomic E-state index is -0.361. The fourth-order valence-electron chi connectivity index (χ4n) is 1.73. The Bertz CT molecular complexity index is 707. The van der Waals surface area contributed by atoms with Crippen LogP contribution in [0.25, 0.3) is 0 Å². The summed E-state index contributed by atoms with van der Waals surface area (Å²) >= 11 is 0. The minimum absolute atomic E-state index is 0.0406. The van der Waals surface area contributed by atoms with Crippen molar-refractivity contribution in [3.05, 3.63) is 51.8 Å². The van der Waals surface area contributed by atoms with E-state index in [1.54, 1.807) is 26.0 Å². The quantitative estimate of drug-likeness (QED) is 0.816. The average Bonchev–Trinajstić information content (AvgIpc) is 2.61. The van der Waals surface area contributed by atoms with E-state index in [-0.39, 0.29) is 17.1 Å². The van der Waals surface area contributed by atoms with Gasteiger partial charge in [0.2, 0.25) is 0 Å². The molecular weight excluding hydrogens is 304 g/mol. The number of nitrogens with zero attached hydrogens (tertiary/aromatic N) is 3. The van der Waals surface area contributed by atoms with Gasteiger partial charge in [0.05, 0.1) is 5.69 Å². The van der Waals surface area contributed by atoms with Crippen molar-refractivity contribution in [2.45, 2.75) is 27.7 Å². The van der Waals surface area contributed by atoms with E-state index in [1.807, 2.05) is 46.1 Å². The third-order valence-corrected chi connectivity index (χ3v) is 3.10. The van der Waals surface area contributed by atoms with Crippen molar-refractivity contribution in [1.82, 2.24) is 9.88 Å². The Balaban J connectivity index is 0.000000952. The lowest BCUT2D eigenvalue weighted by atomic mass is 10.1. The molecule has 0 saturated carbocycles. The molecule has 0 atom stereocenters. The van der Waals surface area contributed by atoms with E-state index in [2.05, 4.69) is 15.5 Å². The molecule has 0 fully saturated rings. The third-order valence-electron chi connectivity index (χ3n) is 3.10. The van der Waals surface area contributed by atoms with Gasteiger partial charge in [0.15, 0.2) is 11.6 Å². The van der Waals surface area contributed by atoms with Crippen LogP contribution < -0.4 is 10.9 Å². The van der Waals surface area contributed by atoms with Crippen LogP contribution in [-0.2, 0) is 7.05 Å². The number of aromatic nitrogens is 1. The van der Waals surface area contributed by atoms with Crippen LogP contribution in [-0.4, -0.2) is 23.8 Å². The Kier molecular flexibility index (Phi) is 9.98. The van der Waals surface area contributed by atoms with E-state index >= 15 is 0 Å². The predicted octanol–water partition coefficient (Wildman–Crippen LogP) is 3.98. The molecule has 0 unspecified atom stereocenters. The first-order chi connectivity index (χ1) is 11.4. The summed E-state index contributed by atoms with van der Waals surface area (Å²) in [6.07, 6.45) is 0. The third kappa shape index (κ3) is 5.62. The van der Waals surface area contributed by atoms with Crippen LogP contribution >= 0.6 is 0 Å². The summed E-state index contributed by atoms with van der Waals surface area (Å²) in [5.41, 5.74) is 1.83.